The average molecular weight is 457 g/mol. The number of hydrogen-bond donors (Lipinski definition) is 0. The normalized spacial score (nSPS) is 11.3. The largest absolute Gasteiger partial charge is 0.456 e. The lowest BCUT2D eigenvalue weighted by atomic mass is 10.1. The van der Waals surface area contributed by atoms with E-state index in [1.807, 2.05) is 0 Å². The molecule has 0 fully saturated rings. The highest BCUT2D eigenvalue weighted by molar-refractivity contribution is 6.39. The van der Waals surface area contributed by atoms with Gasteiger partial charge in [0.05, 0.1) is 21.8 Å². The van der Waals surface area contributed by atoms with Crippen LogP contribution in [0.15, 0.2) is 17.3 Å². The van der Waals surface area contributed by atoms with E-state index in [1.165, 1.54) is 25.4 Å². The number of alkyl halides is 2. The molecular weight excluding hydrogens is 443 g/mol. The molecule has 2 rings (SSSR count). The third-order valence-electron chi connectivity index (χ3n) is 3.24. The Labute approximate surface area is 173 Å². The second kappa shape index (κ2) is 9.90. The summed E-state index contributed by atoms with van der Waals surface area (Å²) in [5.74, 6) is -1.11. The number of carbonyl (C=O) groups excluding carboxylic acids is 1. The van der Waals surface area contributed by atoms with Gasteiger partial charge in [0.1, 0.15) is 23.9 Å². The van der Waals surface area contributed by atoms with Gasteiger partial charge in [0.15, 0.2) is 0 Å². The molecule has 0 aliphatic carbocycles. The van der Waals surface area contributed by atoms with Crippen molar-refractivity contribution in [1.82, 2.24) is 9.78 Å². The fraction of sp³-hybridized carbons (Fsp3) is 0.312. The Hall–Kier alpha value is -2.10. The molecule has 1 heterocycles. The fourth-order valence-electron chi connectivity index (χ4n) is 2.10. The lowest BCUT2D eigenvalue weighted by molar-refractivity contribution is -0.0552. The first-order chi connectivity index (χ1) is 13.3. The zero-order chi connectivity index (χ0) is 20.8. The van der Waals surface area contributed by atoms with Crippen LogP contribution in [0, 0.1) is 0 Å². The van der Waals surface area contributed by atoms with Crippen LogP contribution < -0.4 is 4.74 Å². The molecule has 0 spiro atoms. The standard InChI is InChI=1S/C16H14Cl3F2N3O4/c1-3-27-22-4-5-26-15(25)9-6-8(10(17)7-11(9)18)13-12(19)14(24(2)23-13)28-16(20)21/h4,6-7,16H,3,5H2,1-2H3. The van der Waals surface area contributed by atoms with Gasteiger partial charge in [-0.3, -0.25) is 0 Å². The summed E-state index contributed by atoms with van der Waals surface area (Å²) in [6.07, 6.45) is 1.26. The Morgan fingerprint density at radius 1 is 1.32 bits per heavy atom. The third kappa shape index (κ3) is 5.24. The van der Waals surface area contributed by atoms with E-state index < -0.39 is 12.6 Å². The minimum absolute atomic E-state index is 0.0241. The second-order valence-corrected chi connectivity index (χ2v) is 6.28. The zero-order valence-corrected chi connectivity index (χ0v) is 16.9. The number of oxime groups is 1. The predicted molar refractivity (Wildman–Crippen MR) is 101 cm³/mol. The highest BCUT2D eigenvalue weighted by atomic mass is 35.5. The van der Waals surface area contributed by atoms with Gasteiger partial charge in [0, 0.05) is 12.6 Å². The molecule has 12 heteroatoms. The molecule has 0 saturated carbocycles. The van der Waals surface area contributed by atoms with Gasteiger partial charge < -0.3 is 14.3 Å². The van der Waals surface area contributed by atoms with Gasteiger partial charge in [-0.2, -0.15) is 13.9 Å². The van der Waals surface area contributed by atoms with Crippen molar-refractivity contribution < 1.29 is 27.9 Å². The molecule has 0 radical (unpaired) electrons. The molecule has 0 amide bonds. The molecule has 0 saturated heterocycles. The van der Waals surface area contributed by atoms with E-state index in [0.717, 1.165) is 4.68 Å². The number of ether oxygens (including phenoxy) is 2. The molecule has 0 atom stereocenters. The third-order valence-corrected chi connectivity index (χ3v) is 4.21. The maximum atomic E-state index is 12.5. The van der Waals surface area contributed by atoms with Gasteiger partial charge in [0.25, 0.3) is 0 Å². The molecule has 7 nitrogen and oxygen atoms in total. The fourth-order valence-corrected chi connectivity index (χ4v) is 2.96. The number of benzene rings is 1. The van der Waals surface area contributed by atoms with Crippen LogP contribution in [-0.4, -0.2) is 41.8 Å². The summed E-state index contributed by atoms with van der Waals surface area (Å²) in [5, 5.41) is 7.50. The van der Waals surface area contributed by atoms with Crippen molar-refractivity contribution in [2.45, 2.75) is 13.5 Å². The van der Waals surface area contributed by atoms with Crippen LogP contribution >= 0.6 is 34.8 Å². The minimum atomic E-state index is -3.09. The van der Waals surface area contributed by atoms with Crippen molar-refractivity contribution in [3.63, 3.8) is 0 Å². The average Bonchev–Trinajstić information content (AvgIpc) is 2.89. The molecule has 0 unspecified atom stereocenters. The summed E-state index contributed by atoms with van der Waals surface area (Å²) >= 11 is 18.3. The van der Waals surface area contributed by atoms with Gasteiger partial charge in [-0.25, -0.2) is 9.48 Å². The number of esters is 1. The first-order valence-electron chi connectivity index (χ1n) is 7.73. The van der Waals surface area contributed by atoms with Gasteiger partial charge in [0.2, 0.25) is 5.88 Å². The van der Waals surface area contributed by atoms with Crippen LogP contribution in [0.2, 0.25) is 15.1 Å². The quantitative estimate of drug-likeness (QED) is 0.323. The van der Waals surface area contributed by atoms with Crippen LogP contribution in [0.3, 0.4) is 0 Å². The molecule has 0 aliphatic heterocycles. The Morgan fingerprint density at radius 2 is 2.04 bits per heavy atom. The van der Waals surface area contributed by atoms with Gasteiger partial charge in [-0.15, -0.1) is 0 Å². The summed E-state index contributed by atoms with van der Waals surface area (Å²) in [7, 11) is 1.36. The van der Waals surface area contributed by atoms with Crippen molar-refractivity contribution in [2.24, 2.45) is 12.2 Å². The summed E-state index contributed by atoms with van der Waals surface area (Å²) in [4.78, 5) is 17.0. The van der Waals surface area contributed by atoms with Crippen LogP contribution in [-0.2, 0) is 16.6 Å². The number of hydrogen-bond acceptors (Lipinski definition) is 6. The van der Waals surface area contributed by atoms with E-state index in [9.17, 15) is 13.6 Å². The number of aromatic nitrogens is 2. The number of nitrogens with zero attached hydrogens (tertiary/aromatic N) is 3. The maximum absolute atomic E-state index is 12.5. The smallest absolute Gasteiger partial charge is 0.388 e. The van der Waals surface area contributed by atoms with E-state index in [4.69, 9.17) is 44.4 Å². The van der Waals surface area contributed by atoms with Crippen LogP contribution in [0.25, 0.3) is 11.3 Å². The molecule has 0 aliphatic rings. The summed E-state index contributed by atoms with van der Waals surface area (Å²) in [5.41, 5.74) is 0.197. The van der Waals surface area contributed by atoms with Crippen molar-refractivity contribution >= 4 is 47.0 Å². The Kier molecular flexibility index (Phi) is 7.85. The van der Waals surface area contributed by atoms with Crippen LogP contribution in [0.1, 0.15) is 17.3 Å². The van der Waals surface area contributed by atoms with Gasteiger partial charge >= 0.3 is 12.6 Å². The van der Waals surface area contributed by atoms with Crippen molar-refractivity contribution in [2.75, 3.05) is 13.2 Å². The SMILES string of the molecule is CCON=CCOC(=O)c1cc(-c2nn(C)c(OC(F)F)c2Cl)c(Cl)cc1Cl. The van der Waals surface area contributed by atoms with Crippen molar-refractivity contribution in [3.05, 3.63) is 32.8 Å². The van der Waals surface area contributed by atoms with E-state index >= 15 is 0 Å². The van der Waals surface area contributed by atoms with Crippen molar-refractivity contribution in [1.29, 1.82) is 0 Å². The summed E-state index contributed by atoms with van der Waals surface area (Å²) in [6.45, 7) is -1.12. The van der Waals surface area contributed by atoms with Crippen LogP contribution in [0.4, 0.5) is 8.78 Å². The van der Waals surface area contributed by atoms with Gasteiger partial charge in [-0.1, -0.05) is 40.0 Å². The zero-order valence-electron chi connectivity index (χ0n) is 14.6. The van der Waals surface area contributed by atoms with Crippen LogP contribution in [0.5, 0.6) is 5.88 Å². The lowest BCUT2D eigenvalue weighted by Crippen LogP contribution is -2.08. The second-order valence-electron chi connectivity index (χ2n) is 5.09. The first-order valence-corrected chi connectivity index (χ1v) is 8.87. The molecule has 1 aromatic heterocycles. The summed E-state index contributed by atoms with van der Waals surface area (Å²) < 4.78 is 35.5. The number of carbonyl (C=O) groups is 1. The molecule has 2 aromatic rings. The lowest BCUT2D eigenvalue weighted by Gasteiger charge is -2.08. The minimum Gasteiger partial charge on any atom is -0.456 e. The summed E-state index contributed by atoms with van der Waals surface area (Å²) in [6, 6.07) is 2.59. The predicted octanol–water partition coefficient (Wildman–Crippen LogP) is 4.83. The Balaban J connectivity index is 2.35. The first kappa shape index (κ1) is 22.2. The van der Waals surface area contributed by atoms with E-state index in [-0.39, 0.29) is 44.4 Å². The molecule has 1 aromatic carbocycles. The molecule has 0 bridgehead atoms. The van der Waals surface area contributed by atoms with E-state index in [2.05, 4.69) is 15.0 Å². The Bertz CT molecular complexity index is 891. The van der Waals surface area contributed by atoms with E-state index in [0.29, 0.717) is 6.61 Å². The van der Waals surface area contributed by atoms with Crippen molar-refractivity contribution in [3.8, 4) is 17.1 Å². The molecular formula is C16H14Cl3F2N3O4. The highest BCUT2D eigenvalue weighted by Gasteiger charge is 2.24. The van der Waals surface area contributed by atoms with Gasteiger partial charge in [-0.05, 0) is 19.1 Å². The number of aryl methyl sites for hydroxylation is 1. The maximum Gasteiger partial charge on any atom is 0.388 e. The number of halogens is 5. The Morgan fingerprint density at radius 3 is 2.68 bits per heavy atom. The number of rotatable bonds is 8. The molecule has 28 heavy (non-hydrogen) atoms. The molecule has 0 N–H and O–H groups in total. The monoisotopic (exact) mass is 455 g/mol. The molecule has 152 valence electrons. The van der Waals surface area contributed by atoms with E-state index in [1.54, 1.807) is 6.92 Å². The topological polar surface area (TPSA) is 74.9 Å². The highest BCUT2D eigenvalue weighted by Crippen LogP contribution is 2.40.